The van der Waals surface area contributed by atoms with Crippen LogP contribution in [0, 0.1) is 27.7 Å². The van der Waals surface area contributed by atoms with Gasteiger partial charge in [0.1, 0.15) is 5.75 Å². The zero-order valence-corrected chi connectivity index (χ0v) is 12.8. The summed E-state index contributed by atoms with van der Waals surface area (Å²) in [5.41, 5.74) is 12.9. The molecule has 3 heteroatoms. The van der Waals surface area contributed by atoms with E-state index in [4.69, 9.17) is 10.5 Å². The third-order valence-electron chi connectivity index (χ3n) is 3.63. The topological polar surface area (TPSA) is 48.1 Å². The highest BCUT2D eigenvalue weighted by Crippen LogP contribution is 2.33. The van der Waals surface area contributed by atoms with E-state index in [9.17, 15) is 0 Å². The fraction of sp³-hybridized carbons (Fsp3) is 0.353. The Labute approximate surface area is 120 Å². The number of nitrogens with zero attached hydrogens (tertiary/aromatic N) is 1. The summed E-state index contributed by atoms with van der Waals surface area (Å²) in [6, 6.07) is 7.99. The number of aromatic nitrogens is 1. The van der Waals surface area contributed by atoms with Crippen molar-refractivity contribution in [2.45, 2.75) is 33.7 Å². The van der Waals surface area contributed by atoms with E-state index in [1.807, 2.05) is 26.0 Å². The molecule has 1 aromatic carbocycles. The molecule has 1 unspecified atom stereocenters. The number of aryl methyl sites for hydroxylation is 4. The molecule has 106 valence electrons. The van der Waals surface area contributed by atoms with Crippen LogP contribution in [-0.4, -0.2) is 12.1 Å². The van der Waals surface area contributed by atoms with Gasteiger partial charge in [-0.25, -0.2) is 0 Å². The Morgan fingerprint density at radius 2 is 1.80 bits per heavy atom. The van der Waals surface area contributed by atoms with Crippen molar-refractivity contribution in [1.82, 2.24) is 4.98 Å². The van der Waals surface area contributed by atoms with Gasteiger partial charge in [0.2, 0.25) is 0 Å². The molecule has 3 nitrogen and oxygen atoms in total. The van der Waals surface area contributed by atoms with E-state index in [0.29, 0.717) is 0 Å². The average molecular weight is 270 g/mol. The normalized spacial score (nSPS) is 12.3. The molecule has 20 heavy (non-hydrogen) atoms. The van der Waals surface area contributed by atoms with Gasteiger partial charge < -0.3 is 10.5 Å². The lowest BCUT2D eigenvalue weighted by atomic mass is 9.92. The SMILES string of the molecule is COc1cc(C)cc(C)c1C(N)c1ccc(C)nc1C. The molecule has 0 aliphatic carbocycles. The number of rotatable bonds is 3. The minimum absolute atomic E-state index is 0.223. The summed E-state index contributed by atoms with van der Waals surface area (Å²) in [5.74, 6) is 0.843. The largest absolute Gasteiger partial charge is 0.496 e. The van der Waals surface area contributed by atoms with Crippen molar-refractivity contribution in [3.63, 3.8) is 0 Å². The van der Waals surface area contributed by atoms with Crippen molar-refractivity contribution in [1.29, 1.82) is 0 Å². The van der Waals surface area contributed by atoms with Crippen LogP contribution in [0.25, 0.3) is 0 Å². The Kier molecular flexibility index (Phi) is 4.09. The number of benzene rings is 1. The van der Waals surface area contributed by atoms with Gasteiger partial charge in [0, 0.05) is 17.0 Å². The third kappa shape index (κ3) is 2.68. The summed E-state index contributed by atoms with van der Waals surface area (Å²) in [7, 11) is 1.69. The smallest absolute Gasteiger partial charge is 0.124 e. The first kappa shape index (κ1) is 14.5. The molecule has 0 bridgehead atoms. The second kappa shape index (κ2) is 5.63. The molecular weight excluding hydrogens is 248 g/mol. The van der Waals surface area contributed by atoms with Gasteiger partial charge in [-0.2, -0.15) is 0 Å². The summed E-state index contributed by atoms with van der Waals surface area (Å²) in [6.07, 6.45) is 0. The Morgan fingerprint density at radius 1 is 1.10 bits per heavy atom. The second-order valence-corrected chi connectivity index (χ2v) is 5.30. The van der Waals surface area contributed by atoms with E-state index in [-0.39, 0.29) is 6.04 Å². The molecule has 2 N–H and O–H groups in total. The monoisotopic (exact) mass is 270 g/mol. The lowest BCUT2D eigenvalue weighted by Crippen LogP contribution is -2.16. The van der Waals surface area contributed by atoms with Crippen LogP contribution in [0.3, 0.4) is 0 Å². The molecule has 1 aromatic heterocycles. The highest BCUT2D eigenvalue weighted by molar-refractivity contribution is 5.49. The maximum absolute atomic E-state index is 6.47. The first-order chi connectivity index (χ1) is 9.43. The maximum atomic E-state index is 6.47. The molecule has 0 aliphatic heterocycles. The van der Waals surface area contributed by atoms with Gasteiger partial charge in [0.25, 0.3) is 0 Å². The van der Waals surface area contributed by atoms with Crippen LogP contribution < -0.4 is 10.5 Å². The summed E-state index contributed by atoms with van der Waals surface area (Å²) in [6.45, 7) is 8.11. The molecular formula is C17H22N2O. The van der Waals surface area contributed by atoms with E-state index in [2.05, 4.69) is 31.0 Å². The van der Waals surface area contributed by atoms with Crippen molar-refractivity contribution < 1.29 is 4.74 Å². The van der Waals surface area contributed by atoms with Crippen LogP contribution in [0.15, 0.2) is 24.3 Å². The lowest BCUT2D eigenvalue weighted by Gasteiger charge is -2.20. The molecule has 0 fully saturated rings. The zero-order valence-electron chi connectivity index (χ0n) is 12.8. The zero-order chi connectivity index (χ0) is 14.9. The van der Waals surface area contributed by atoms with Gasteiger partial charge in [0.05, 0.1) is 13.2 Å². The fourth-order valence-electron chi connectivity index (χ4n) is 2.69. The van der Waals surface area contributed by atoms with Crippen LogP contribution in [0.5, 0.6) is 5.75 Å². The van der Waals surface area contributed by atoms with Crippen molar-refractivity contribution in [2.75, 3.05) is 7.11 Å². The Bertz CT molecular complexity index is 635. The quantitative estimate of drug-likeness (QED) is 0.930. The first-order valence-corrected chi connectivity index (χ1v) is 6.79. The van der Waals surface area contributed by atoms with E-state index in [1.54, 1.807) is 7.11 Å². The Hall–Kier alpha value is -1.87. The van der Waals surface area contributed by atoms with Gasteiger partial charge in [-0.3, -0.25) is 4.98 Å². The number of hydrogen-bond acceptors (Lipinski definition) is 3. The van der Waals surface area contributed by atoms with Crippen LogP contribution in [0.2, 0.25) is 0 Å². The van der Waals surface area contributed by atoms with Gasteiger partial charge in [-0.15, -0.1) is 0 Å². The van der Waals surface area contributed by atoms with Crippen molar-refractivity contribution in [3.05, 3.63) is 57.9 Å². The number of nitrogens with two attached hydrogens (primary N) is 1. The van der Waals surface area contributed by atoms with Gasteiger partial charge in [-0.1, -0.05) is 12.1 Å². The highest BCUT2D eigenvalue weighted by Gasteiger charge is 2.19. The van der Waals surface area contributed by atoms with Crippen molar-refractivity contribution in [2.24, 2.45) is 5.73 Å². The van der Waals surface area contributed by atoms with E-state index < -0.39 is 0 Å². The molecule has 0 radical (unpaired) electrons. The summed E-state index contributed by atoms with van der Waals surface area (Å²) < 4.78 is 5.51. The third-order valence-corrected chi connectivity index (χ3v) is 3.63. The Morgan fingerprint density at radius 3 is 2.40 bits per heavy atom. The van der Waals surface area contributed by atoms with Crippen LogP contribution in [0.4, 0.5) is 0 Å². The van der Waals surface area contributed by atoms with Gasteiger partial charge in [0.15, 0.2) is 0 Å². The number of ether oxygens (including phenoxy) is 1. The standard InChI is InChI=1S/C17H22N2O/c1-10-8-11(2)16(15(9-10)20-5)17(18)14-7-6-12(3)19-13(14)4/h6-9,17H,18H2,1-5H3. The molecule has 0 spiro atoms. The summed E-state index contributed by atoms with van der Waals surface area (Å²) in [5, 5.41) is 0. The van der Waals surface area contributed by atoms with E-state index in [1.165, 1.54) is 5.56 Å². The molecule has 2 rings (SSSR count). The second-order valence-electron chi connectivity index (χ2n) is 5.30. The molecule has 1 atom stereocenters. The molecule has 0 saturated heterocycles. The predicted octanol–water partition coefficient (Wildman–Crippen LogP) is 3.37. The van der Waals surface area contributed by atoms with Crippen LogP contribution >= 0.6 is 0 Å². The molecule has 0 amide bonds. The minimum atomic E-state index is -0.223. The van der Waals surface area contributed by atoms with Gasteiger partial charge >= 0.3 is 0 Å². The number of hydrogen-bond donors (Lipinski definition) is 1. The van der Waals surface area contributed by atoms with E-state index in [0.717, 1.165) is 33.8 Å². The van der Waals surface area contributed by atoms with E-state index >= 15 is 0 Å². The highest BCUT2D eigenvalue weighted by atomic mass is 16.5. The predicted molar refractivity (Wildman–Crippen MR) is 82.2 cm³/mol. The summed E-state index contributed by atoms with van der Waals surface area (Å²) >= 11 is 0. The number of methoxy groups -OCH3 is 1. The minimum Gasteiger partial charge on any atom is -0.496 e. The lowest BCUT2D eigenvalue weighted by molar-refractivity contribution is 0.407. The van der Waals surface area contributed by atoms with Crippen LogP contribution in [0.1, 0.15) is 39.7 Å². The number of pyridine rings is 1. The van der Waals surface area contributed by atoms with Crippen molar-refractivity contribution in [3.8, 4) is 5.75 Å². The molecule has 0 aliphatic rings. The Balaban J connectivity index is 2.55. The first-order valence-electron chi connectivity index (χ1n) is 6.79. The average Bonchev–Trinajstić information content (AvgIpc) is 2.37. The fourth-order valence-corrected chi connectivity index (χ4v) is 2.69. The van der Waals surface area contributed by atoms with Gasteiger partial charge in [-0.05, 0) is 56.5 Å². The maximum Gasteiger partial charge on any atom is 0.124 e. The molecule has 2 aromatic rings. The molecule has 0 saturated carbocycles. The van der Waals surface area contributed by atoms with Crippen LogP contribution in [-0.2, 0) is 0 Å². The summed E-state index contributed by atoms with van der Waals surface area (Å²) in [4.78, 5) is 4.50. The molecule has 1 heterocycles. The van der Waals surface area contributed by atoms with Crippen molar-refractivity contribution >= 4 is 0 Å².